The first-order chi connectivity index (χ1) is 10.2. The fourth-order valence-corrected chi connectivity index (χ4v) is 2.96. The zero-order chi connectivity index (χ0) is 15.2. The van der Waals surface area contributed by atoms with Crippen LogP contribution in [0.2, 0.25) is 0 Å². The van der Waals surface area contributed by atoms with Gasteiger partial charge in [-0.05, 0) is 42.5 Å². The molecule has 0 fully saturated rings. The highest BCUT2D eigenvalue weighted by Crippen LogP contribution is 2.29. The largest absolute Gasteiger partial charge is 0.497 e. The van der Waals surface area contributed by atoms with Crippen LogP contribution >= 0.6 is 11.6 Å². The summed E-state index contributed by atoms with van der Waals surface area (Å²) in [6, 6.07) is 8.60. The summed E-state index contributed by atoms with van der Waals surface area (Å²) in [5.74, 6) is 2.49. The molecule has 1 aromatic carbocycles. The van der Waals surface area contributed by atoms with Gasteiger partial charge in [0.25, 0.3) is 0 Å². The van der Waals surface area contributed by atoms with E-state index >= 15 is 0 Å². The summed E-state index contributed by atoms with van der Waals surface area (Å²) in [7, 11) is 1.69. The standard InChI is InChI=1S/C17H23ClN2O/c1-4-14(5-2)20(11-9-18)17-16-7-6-15(21-3)12-13(16)8-10-19-17/h6-8,10,12,14H,4-5,9,11H2,1-3H3. The maximum absolute atomic E-state index is 6.01. The molecule has 1 heterocycles. The van der Waals surface area contributed by atoms with Crippen LogP contribution in [0.5, 0.6) is 5.75 Å². The number of aromatic nitrogens is 1. The van der Waals surface area contributed by atoms with Crippen LogP contribution in [0.3, 0.4) is 0 Å². The Morgan fingerprint density at radius 2 is 2.00 bits per heavy atom. The SMILES string of the molecule is CCC(CC)N(CCCl)c1nccc2cc(OC)ccc12. The quantitative estimate of drug-likeness (QED) is 0.705. The number of benzene rings is 1. The third kappa shape index (κ3) is 3.41. The van der Waals surface area contributed by atoms with Crippen LogP contribution in [0.25, 0.3) is 10.8 Å². The maximum atomic E-state index is 6.01. The summed E-state index contributed by atoms with van der Waals surface area (Å²) in [4.78, 5) is 6.96. The minimum Gasteiger partial charge on any atom is -0.497 e. The van der Waals surface area contributed by atoms with Gasteiger partial charge in [0, 0.05) is 30.0 Å². The zero-order valence-electron chi connectivity index (χ0n) is 13.0. The van der Waals surface area contributed by atoms with Gasteiger partial charge in [0.15, 0.2) is 0 Å². The molecule has 0 spiro atoms. The number of halogens is 1. The number of fused-ring (bicyclic) bond motifs is 1. The molecule has 1 aromatic heterocycles. The van der Waals surface area contributed by atoms with E-state index in [-0.39, 0.29) is 0 Å². The molecule has 0 bridgehead atoms. The molecule has 3 nitrogen and oxygen atoms in total. The number of rotatable bonds is 7. The third-order valence-electron chi connectivity index (χ3n) is 3.93. The molecule has 0 amide bonds. The smallest absolute Gasteiger partial charge is 0.136 e. The van der Waals surface area contributed by atoms with Gasteiger partial charge in [-0.15, -0.1) is 11.6 Å². The lowest BCUT2D eigenvalue weighted by atomic mass is 10.1. The normalized spacial score (nSPS) is 11.1. The van der Waals surface area contributed by atoms with Gasteiger partial charge in [0.2, 0.25) is 0 Å². The average molecular weight is 307 g/mol. The molecule has 0 aliphatic rings. The van der Waals surface area contributed by atoms with E-state index in [1.807, 2.05) is 24.4 Å². The summed E-state index contributed by atoms with van der Waals surface area (Å²) < 4.78 is 5.30. The van der Waals surface area contributed by atoms with Crippen molar-refractivity contribution in [2.75, 3.05) is 24.4 Å². The van der Waals surface area contributed by atoms with E-state index in [0.717, 1.165) is 41.7 Å². The zero-order valence-corrected chi connectivity index (χ0v) is 13.7. The van der Waals surface area contributed by atoms with E-state index in [1.165, 1.54) is 0 Å². The Bertz CT molecular complexity index is 584. The van der Waals surface area contributed by atoms with Crippen LogP contribution in [0.15, 0.2) is 30.5 Å². The van der Waals surface area contributed by atoms with Gasteiger partial charge in [-0.1, -0.05) is 13.8 Å². The lowest BCUT2D eigenvalue weighted by Gasteiger charge is -2.32. The van der Waals surface area contributed by atoms with Gasteiger partial charge in [-0.25, -0.2) is 4.98 Å². The molecule has 0 unspecified atom stereocenters. The Balaban J connectivity index is 2.51. The number of nitrogens with zero attached hydrogens (tertiary/aromatic N) is 2. The summed E-state index contributed by atoms with van der Waals surface area (Å²) in [5, 5.41) is 2.29. The van der Waals surface area contributed by atoms with Crippen LogP contribution < -0.4 is 9.64 Å². The lowest BCUT2D eigenvalue weighted by Crippen LogP contribution is -2.36. The van der Waals surface area contributed by atoms with Crippen LogP contribution in [0.1, 0.15) is 26.7 Å². The fourth-order valence-electron chi connectivity index (χ4n) is 2.78. The molecular weight excluding hydrogens is 284 g/mol. The van der Waals surface area contributed by atoms with Gasteiger partial charge < -0.3 is 9.64 Å². The van der Waals surface area contributed by atoms with E-state index in [4.69, 9.17) is 16.3 Å². The van der Waals surface area contributed by atoms with Gasteiger partial charge in [-0.3, -0.25) is 0 Å². The second-order valence-electron chi connectivity index (χ2n) is 5.07. The van der Waals surface area contributed by atoms with Crippen molar-refractivity contribution in [2.24, 2.45) is 0 Å². The van der Waals surface area contributed by atoms with E-state index in [9.17, 15) is 0 Å². The molecule has 0 saturated heterocycles. The molecule has 0 saturated carbocycles. The van der Waals surface area contributed by atoms with Crippen LogP contribution in [-0.2, 0) is 0 Å². The lowest BCUT2D eigenvalue weighted by molar-refractivity contribution is 0.415. The third-order valence-corrected chi connectivity index (χ3v) is 4.10. The second kappa shape index (κ2) is 7.51. The van der Waals surface area contributed by atoms with Crippen molar-refractivity contribution in [2.45, 2.75) is 32.7 Å². The van der Waals surface area contributed by atoms with E-state index in [1.54, 1.807) is 7.11 Å². The molecule has 0 aliphatic heterocycles. The summed E-state index contributed by atoms with van der Waals surface area (Å²) in [6.07, 6.45) is 4.03. The predicted molar refractivity (Wildman–Crippen MR) is 90.7 cm³/mol. The molecule has 0 atom stereocenters. The van der Waals surface area contributed by atoms with Crippen molar-refractivity contribution in [3.05, 3.63) is 30.5 Å². The van der Waals surface area contributed by atoms with Crippen LogP contribution in [0.4, 0.5) is 5.82 Å². The van der Waals surface area contributed by atoms with Crippen molar-refractivity contribution >= 4 is 28.2 Å². The first-order valence-electron chi connectivity index (χ1n) is 7.50. The number of hydrogen-bond donors (Lipinski definition) is 0. The Hall–Kier alpha value is -1.48. The van der Waals surface area contributed by atoms with E-state index < -0.39 is 0 Å². The number of anilines is 1. The maximum Gasteiger partial charge on any atom is 0.136 e. The van der Waals surface area contributed by atoms with Crippen molar-refractivity contribution in [3.63, 3.8) is 0 Å². The Labute approximate surface area is 131 Å². The van der Waals surface area contributed by atoms with Gasteiger partial charge in [-0.2, -0.15) is 0 Å². The molecule has 0 aliphatic carbocycles. The molecule has 0 radical (unpaired) electrons. The Morgan fingerprint density at radius 3 is 2.62 bits per heavy atom. The molecule has 21 heavy (non-hydrogen) atoms. The van der Waals surface area contributed by atoms with Crippen molar-refractivity contribution < 1.29 is 4.74 Å². The molecule has 2 rings (SSSR count). The average Bonchev–Trinajstić information content (AvgIpc) is 2.54. The molecule has 0 N–H and O–H groups in total. The number of alkyl halides is 1. The van der Waals surface area contributed by atoms with Gasteiger partial charge in [0.1, 0.15) is 11.6 Å². The van der Waals surface area contributed by atoms with Crippen LogP contribution in [0, 0.1) is 0 Å². The van der Waals surface area contributed by atoms with Crippen LogP contribution in [-0.4, -0.2) is 30.6 Å². The van der Waals surface area contributed by atoms with Crippen molar-refractivity contribution in [3.8, 4) is 5.75 Å². The number of hydrogen-bond acceptors (Lipinski definition) is 3. The van der Waals surface area contributed by atoms with Gasteiger partial charge >= 0.3 is 0 Å². The fraction of sp³-hybridized carbons (Fsp3) is 0.471. The van der Waals surface area contributed by atoms with E-state index in [0.29, 0.717) is 11.9 Å². The summed E-state index contributed by atoms with van der Waals surface area (Å²) in [5.41, 5.74) is 0. The highest BCUT2D eigenvalue weighted by Gasteiger charge is 2.18. The highest BCUT2D eigenvalue weighted by molar-refractivity contribution is 6.18. The first kappa shape index (κ1) is 15.9. The first-order valence-corrected chi connectivity index (χ1v) is 8.03. The number of ether oxygens (including phenoxy) is 1. The molecular formula is C17H23ClN2O. The second-order valence-corrected chi connectivity index (χ2v) is 5.45. The minimum atomic E-state index is 0.462. The highest BCUT2D eigenvalue weighted by atomic mass is 35.5. The monoisotopic (exact) mass is 306 g/mol. The predicted octanol–water partition coefficient (Wildman–Crippen LogP) is 4.48. The van der Waals surface area contributed by atoms with E-state index in [2.05, 4.69) is 29.8 Å². The Kier molecular flexibility index (Phi) is 5.68. The number of pyridine rings is 1. The van der Waals surface area contributed by atoms with Crippen molar-refractivity contribution in [1.29, 1.82) is 0 Å². The minimum absolute atomic E-state index is 0.462. The summed E-state index contributed by atoms with van der Waals surface area (Å²) in [6.45, 7) is 5.24. The molecule has 2 aromatic rings. The topological polar surface area (TPSA) is 25.4 Å². The van der Waals surface area contributed by atoms with Gasteiger partial charge in [0.05, 0.1) is 7.11 Å². The number of methoxy groups -OCH3 is 1. The molecule has 114 valence electrons. The Morgan fingerprint density at radius 1 is 1.24 bits per heavy atom. The molecule has 4 heteroatoms. The summed E-state index contributed by atoms with van der Waals surface area (Å²) >= 11 is 6.01. The van der Waals surface area contributed by atoms with Crippen molar-refractivity contribution in [1.82, 2.24) is 4.98 Å².